The van der Waals surface area contributed by atoms with Gasteiger partial charge < -0.3 is 19.4 Å². The normalized spacial score (nSPS) is 22.8. The molecule has 0 spiro atoms. The van der Waals surface area contributed by atoms with E-state index in [-0.39, 0.29) is 18.5 Å². The zero-order chi connectivity index (χ0) is 22.5. The van der Waals surface area contributed by atoms with E-state index in [1.54, 1.807) is 6.33 Å². The first-order chi connectivity index (χ1) is 15.3. The van der Waals surface area contributed by atoms with E-state index in [0.29, 0.717) is 17.8 Å². The molecule has 0 radical (unpaired) electrons. The Morgan fingerprint density at radius 1 is 1.16 bits per heavy atom. The fourth-order valence-electron chi connectivity index (χ4n) is 4.98. The second-order valence-corrected chi connectivity index (χ2v) is 8.89. The number of halogens is 1. The molecule has 2 aromatic carbocycles. The second-order valence-electron chi connectivity index (χ2n) is 8.89. The number of fused-ring (bicyclic) bond motifs is 1. The lowest BCUT2D eigenvalue weighted by molar-refractivity contribution is -0.104. The molecule has 7 heteroatoms. The van der Waals surface area contributed by atoms with Crippen LogP contribution < -0.4 is 0 Å². The summed E-state index contributed by atoms with van der Waals surface area (Å²) in [6.07, 6.45) is 5.12. The largest absolute Gasteiger partial charge is 0.392 e. The number of aryl methyl sites for hydroxylation is 3. The highest BCUT2D eigenvalue weighted by atomic mass is 19.1. The summed E-state index contributed by atoms with van der Waals surface area (Å²) in [4.78, 5) is 12.0. The molecule has 2 unspecified atom stereocenters. The van der Waals surface area contributed by atoms with Crippen LogP contribution in [0.15, 0.2) is 54.1 Å². The van der Waals surface area contributed by atoms with Crippen LogP contribution in [0.25, 0.3) is 5.69 Å². The van der Waals surface area contributed by atoms with Gasteiger partial charge in [0.1, 0.15) is 24.1 Å². The molecule has 32 heavy (non-hydrogen) atoms. The summed E-state index contributed by atoms with van der Waals surface area (Å²) in [5.74, 6) is 0.362. The Balaban J connectivity index is 1.49. The Kier molecular flexibility index (Phi) is 5.01. The number of benzene rings is 2. The molecule has 2 aliphatic rings. The molecule has 0 amide bonds. The molecule has 3 heterocycles. The summed E-state index contributed by atoms with van der Waals surface area (Å²) in [5, 5.41) is 16.1. The van der Waals surface area contributed by atoms with Crippen LogP contribution in [0, 0.1) is 26.6 Å². The van der Waals surface area contributed by atoms with E-state index in [2.05, 4.69) is 28.0 Å². The molecule has 2 atom stereocenters. The number of piperidine rings is 1. The average molecular weight is 435 g/mol. The molecule has 3 aromatic rings. The predicted molar refractivity (Wildman–Crippen MR) is 120 cm³/mol. The third-order valence-electron chi connectivity index (χ3n) is 6.53. The number of aromatic nitrogens is 2. The van der Waals surface area contributed by atoms with Gasteiger partial charge >= 0.3 is 0 Å². The fraction of sp³-hybridized carbons (Fsp3) is 0.360. The van der Waals surface area contributed by atoms with Gasteiger partial charge in [0.05, 0.1) is 12.0 Å². The second kappa shape index (κ2) is 7.74. The van der Waals surface area contributed by atoms with Crippen molar-refractivity contribution < 1.29 is 14.3 Å². The van der Waals surface area contributed by atoms with Crippen LogP contribution in [0.3, 0.4) is 0 Å². The third-order valence-corrected chi connectivity index (χ3v) is 6.53. The Labute approximate surface area is 187 Å². The van der Waals surface area contributed by atoms with Gasteiger partial charge in [0.25, 0.3) is 0 Å². The van der Waals surface area contributed by atoms with Crippen LogP contribution in [0.2, 0.25) is 0 Å². The van der Waals surface area contributed by atoms with Gasteiger partial charge in [-0.1, -0.05) is 11.2 Å². The van der Waals surface area contributed by atoms with E-state index in [9.17, 15) is 9.50 Å². The van der Waals surface area contributed by atoms with Gasteiger partial charge in [-0.05, 0) is 80.6 Å². The topological polar surface area (TPSA) is 62.9 Å². The molecule has 166 valence electrons. The minimum absolute atomic E-state index is 0.251. The molecule has 1 N–H and O–H groups in total. The quantitative estimate of drug-likeness (QED) is 0.677. The van der Waals surface area contributed by atoms with E-state index < -0.39 is 5.60 Å². The van der Waals surface area contributed by atoms with Crippen molar-refractivity contribution in [1.29, 1.82) is 0 Å². The highest BCUT2D eigenvalue weighted by Crippen LogP contribution is 2.40. The summed E-state index contributed by atoms with van der Waals surface area (Å²) >= 11 is 0. The monoisotopic (exact) mass is 434 g/mol. The Morgan fingerprint density at radius 3 is 2.72 bits per heavy atom. The molecule has 0 aliphatic carbocycles. The molecule has 0 bridgehead atoms. The van der Waals surface area contributed by atoms with E-state index in [1.165, 1.54) is 12.1 Å². The summed E-state index contributed by atoms with van der Waals surface area (Å²) < 4.78 is 16.2. The van der Waals surface area contributed by atoms with Gasteiger partial charge in [-0.25, -0.2) is 9.37 Å². The number of aliphatic hydroxyl groups is 1. The molecule has 6 nitrogen and oxygen atoms in total. The van der Waals surface area contributed by atoms with Crippen LogP contribution in [0.4, 0.5) is 4.39 Å². The molecule has 0 saturated carbocycles. The van der Waals surface area contributed by atoms with E-state index in [1.807, 2.05) is 42.8 Å². The molecule has 2 aliphatic heterocycles. The molecule has 1 aromatic heterocycles. The van der Waals surface area contributed by atoms with Crippen molar-refractivity contribution in [1.82, 2.24) is 14.5 Å². The van der Waals surface area contributed by atoms with Crippen molar-refractivity contribution in [3.05, 3.63) is 82.7 Å². The lowest BCUT2D eigenvalue weighted by atomic mass is 9.78. The number of amidine groups is 1. The predicted octanol–water partition coefficient (Wildman–Crippen LogP) is 3.98. The zero-order valence-corrected chi connectivity index (χ0v) is 18.5. The summed E-state index contributed by atoms with van der Waals surface area (Å²) in [5.41, 5.74) is 4.18. The molecule has 1 saturated heterocycles. The van der Waals surface area contributed by atoms with Crippen LogP contribution >= 0.6 is 0 Å². The van der Waals surface area contributed by atoms with Crippen LogP contribution in [-0.4, -0.2) is 44.6 Å². The van der Waals surface area contributed by atoms with Gasteiger partial charge in [-0.3, -0.25) is 0 Å². The minimum atomic E-state index is -1.21. The Morgan fingerprint density at radius 2 is 2.00 bits per heavy atom. The summed E-state index contributed by atoms with van der Waals surface area (Å²) in [6, 6.07) is 10.6. The van der Waals surface area contributed by atoms with E-state index >= 15 is 0 Å². The van der Waals surface area contributed by atoms with Crippen molar-refractivity contribution in [3.8, 4) is 5.69 Å². The Bertz CT molecular complexity index is 1180. The zero-order valence-electron chi connectivity index (χ0n) is 18.5. The number of imidazole rings is 1. The van der Waals surface area contributed by atoms with E-state index in [0.717, 1.165) is 41.0 Å². The molecular formula is C25H27FN4O2. The number of hydrogen-bond acceptors (Lipinski definition) is 5. The van der Waals surface area contributed by atoms with Gasteiger partial charge in [-0.15, -0.1) is 0 Å². The van der Waals surface area contributed by atoms with Crippen molar-refractivity contribution in [2.45, 2.75) is 45.3 Å². The number of hydrogen-bond donors (Lipinski definition) is 1. The lowest BCUT2D eigenvalue weighted by Gasteiger charge is -2.49. The van der Waals surface area contributed by atoms with Gasteiger partial charge in [0.2, 0.25) is 0 Å². The van der Waals surface area contributed by atoms with Crippen molar-refractivity contribution in [2.24, 2.45) is 5.16 Å². The first-order valence-electron chi connectivity index (χ1n) is 10.9. The van der Waals surface area contributed by atoms with Crippen molar-refractivity contribution in [3.63, 3.8) is 0 Å². The number of rotatable bonds is 3. The highest BCUT2D eigenvalue weighted by Gasteiger charge is 2.48. The third kappa shape index (κ3) is 3.46. The van der Waals surface area contributed by atoms with Crippen LogP contribution in [-0.2, 0) is 10.4 Å². The van der Waals surface area contributed by atoms with Gasteiger partial charge in [0, 0.05) is 24.0 Å². The van der Waals surface area contributed by atoms with Crippen LogP contribution in [0.5, 0.6) is 0 Å². The maximum absolute atomic E-state index is 14.2. The molecule has 1 fully saturated rings. The van der Waals surface area contributed by atoms with Crippen molar-refractivity contribution >= 4 is 5.84 Å². The SMILES string of the molecule is Cc1cc(F)cc(C2(O)CCCN3C(c4ccc(-n5cnc(C)c5)c(C)c4)=NOCC32)c1. The standard InChI is InChI=1S/C25H27FN4O2/c1-16-9-20(12-21(26)10-16)25(31)7-4-8-30-23(25)14-32-28-24(30)19-5-6-22(17(2)11-19)29-13-18(3)27-15-29/h5-6,9-13,15,23,31H,4,7-8,14H2,1-3H3. The van der Waals surface area contributed by atoms with Gasteiger partial charge in [-0.2, -0.15) is 0 Å². The van der Waals surface area contributed by atoms with Gasteiger partial charge in [0.15, 0.2) is 5.84 Å². The molecule has 5 rings (SSSR count). The maximum atomic E-state index is 14.2. The fourth-order valence-corrected chi connectivity index (χ4v) is 4.98. The Hall–Kier alpha value is -3.19. The summed E-state index contributed by atoms with van der Waals surface area (Å²) in [7, 11) is 0. The minimum Gasteiger partial charge on any atom is -0.392 e. The first-order valence-corrected chi connectivity index (χ1v) is 10.9. The van der Waals surface area contributed by atoms with E-state index in [4.69, 9.17) is 4.84 Å². The van der Waals surface area contributed by atoms with Crippen molar-refractivity contribution in [2.75, 3.05) is 13.2 Å². The average Bonchev–Trinajstić information content (AvgIpc) is 3.19. The lowest BCUT2D eigenvalue weighted by Crippen LogP contribution is -2.60. The van der Waals surface area contributed by atoms with Crippen LogP contribution in [0.1, 0.15) is 40.8 Å². The summed E-state index contributed by atoms with van der Waals surface area (Å²) in [6.45, 7) is 6.86. The number of nitrogens with zero attached hydrogens (tertiary/aromatic N) is 4. The number of oxime groups is 1. The molecular weight excluding hydrogens is 407 g/mol. The maximum Gasteiger partial charge on any atom is 0.175 e. The first kappa shape index (κ1) is 20.7. The smallest absolute Gasteiger partial charge is 0.175 e. The highest BCUT2D eigenvalue weighted by molar-refractivity contribution is 5.99.